The van der Waals surface area contributed by atoms with Crippen LogP contribution in [-0.2, 0) is 27.9 Å². The molecule has 0 radical (unpaired) electrons. The van der Waals surface area contributed by atoms with E-state index in [4.69, 9.17) is 27.9 Å². The summed E-state index contributed by atoms with van der Waals surface area (Å²) in [5.74, 6) is 0.574. The molecule has 1 atom stereocenters. The van der Waals surface area contributed by atoms with Gasteiger partial charge in [-0.2, -0.15) is 5.10 Å². The Labute approximate surface area is 242 Å². The Morgan fingerprint density at radius 2 is 1.88 bits per heavy atom. The van der Waals surface area contributed by atoms with Gasteiger partial charge < -0.3 is 15.4 Å². The zero-order chi connectivity index (χ0) is 28.3. The summed E-state index contributed by atoms with van der Waals surface area (Å²) < 4.78 is 36.4. The van der Waals surface area contributed by atoms with Crippen molar-refractivity contribution in [1.82, 2.24) is 20.4 Å². The van der Waals surface area contributed by atoms with Crippen LogP contribution in [0.5, 0.6) is 5.75 Å². The molecular weight excluding hydrogens is 573 g/mol. The molecular formula is C28H29Cl2N5O4S. The van der Waals surface area contributed by atoms with Crippen LogP contribution in [0, 0.1) is 0 Å². The minimum Gasteiger partial charge on any atom is -0.496 e. The van der Waals surface area contributed by atoms with Gasteiger partial charge in [0.2, 0.25) is 5.91 Å². The molecule has 1 aliphatic rings. The van der Waals surface area contributed by atoms with E-state index in [1.165, 1.54) is 25.3 Å². The van der Waals surface area contributed by atoms with E-state index < -0.39 is 10.0 Å². The zero-order valence-corrected chi connectivity index (χ0v) is 24.1. The summed E-state index contributed by atoms with van der Waals surface area (Å²) in [6, 6.07) is 17.5. The van der Waals surface area contributed by atoms with Crippen molar-refractivity contribution >= 4 is 55.9 Å². The maximum absolute atomic E-state index is 13.3. The van der Waals surface area contributed by atoms with Crippen molar-refractivity contribution in [2.75, 3.05) is 18.4 Å². The van der Waals surface area contributed by atoms with Crippen molar-refractivity contribution in [3.8, 4) is 5.75 Å². The predicted molar refractivity (Wildman–Crippen MR) is 157 cm³/mol. The number of aromatic nitrogens is 2. The number of hydrogen-bond donors (Lipinski definition) is 3. The molecule has 0 spiro atoms. The maximum atomic E-state index is 13.3. The number of anilines is 1. The second-order valence-electron chi connectivity index (χ2n) is 9.56. The van der Waals surface area contributed by atoms with Crippen molar-refractivity contribution in [2.45, 2.75) is 43.3 Å². The number of amides is 1. The largest absolute Gasteiger partial charge is 0.496 e. The van der Waals surface area contributed by atoms with E-state index in [1.807, 2.05) is 36.4 Å². The van der Waals surface area contributed by atoms with Crippen LogP contribution >= 0.6 is 23.2 Å². The molecule has 3 N–H and O–H groups in total. The lowest BCUT2D eigenvalue weighted by Crippen LogP contribution is -2.46. The van der Waals surface area contributed by atoms with E-state index in [0.29, 0.717) is 29.7 Å². The molecule has 12 heteroatoms. The summed E-state index contributed by atoms with van der Waals surface area (Å²) in [6.45, 7) is 1.62. The van der Waals surface area contributed by atoms with Gasteiger partial charge in [0.1, 0.15) is 10.6 Å². The smallest absolute Gasteiger partial charge is 0.264 e. The molecule has 1 aromatic heterocycles. The summed E-state index contributed by atoms with van der Waals surface area (Å²) >= 11 is 12.3. The highest BCUT2D eigenvalue weighted by Gasteiger charge is 2.24. The van der Waals surface area contributed by atoms with Crippen molar-refractivity contribution in [2.24, 2.45) is 0 Å². The van der Waals surface area contributed by atoms with Gasteiger partial charge in [0, 0.05) is 6.54 Å². The lowest BCUT2D eigenvalue weighted by molar-refractivity contribution is -0.123. The van der Waals surface area contributed by atoms with Gasteiger partial charge in [-0.1, -0.05) is 66.0 Å². The summed E-state index contributed by atoms with van der Waals surface area (Å²) in [4.78, 5) is 12.4. The molecule has 9 nitrogen and oxygen atoms in total. The molecule has 0 saturated carbocycles. The number of ether oxygens (including phenoxy) is 1. The number of fused-ring (bicyclic) bond motifs is 1. The highest BCUT2D eigenvalue weighted by molar-refractivity contribution is 7.92. The molecule has 210 valence electrons. The molecule has 1 amide bonds. The topological polar surface area (TPSA) is 114 Å². The number of piperidine rings is 1. The summed E-state index contributed by atoms with van der Waals surface area (Å²) in [7, 11) is -2.60. The molecule has 1 unspecified atom stereocenters. The predicted octanol–water partition coefficient (Wildman–Crippen LogP) is 4.96. The molecule has 3 aromatic carbocycles. The molecule has 1 fully saturated rings. The Morgan fingerprint density at radius 3 is 2.65 bits per heavy atom. The third kappa shape index (κ3) is 6.05. The molecule has 1 aliphatic heterocycles. The van der Waals surface area contributed by atoms with Crippen LogP contribution in [-0.4, -0.2) is 43.8 Å². The first-order valence-electron chi connectivity index (χ1n) is 12.9. The van der Waals surface area contributed by atoms with Crippen LogP contribution in [0.4, 0.5) is 5.82 Å². The number of rotatable bonds is 9. The Hall–Kier alpha value is -3.31. The Morgan fingerprint density at radius 1 is 1.10 bits per heavy atom. The van der Waals surface area contributed by atoms with Crippen LogP contribution in [0.3, 0.4) is 0 Å². The third-order valence-corrected chi connectivity index (χ3v) is 9.13. The van der Waals surface area contributed by atoms with Gasteiger partial charge in [-0.15, -0.1) is 0 Å². The summed E-state index contributed by atoms with van der Waals surface area (Å²) in [5.41, 5.74) is 2.56. The number of nitrogens with zero attached hydrogens (tertiary/aromatic N) is 2. The normalized spacial score (nSPS) is 15.6. The van der Waals surface area contributed by atoms with Crippen LogP contribution < -0.4 is 20.1 Å². The minimum absolute atomic E-state index is 0.00648. The molecule has 1 saturated heterocycles. The summed E-state index contributed by atoms with van der Waals surface area (Å²) in [6.07, 6.45) is 2.99. The standard InChI is InChI=1S/C28H29Cl2N5O4S/c1-39-23-12-6-11-22-25(23)27(34-40(37,38)24-13-5-9-20(29)26(24)30)33-35(22)17-19-8-4-7-18(15-19)16-32-28(36)21-10-2-3-14-31-21/h4-9,11-13,15,21,31H,2-3,10,14,16-17H2,1H3,(H,32,36)(H,33,34). The number of carbonyl (C=O) groups is 1. The number of sulfonamides is 1. The van der Waals surface area contributed by atoms with E-state index >= 15 is 0 Å². The maximum Gasteiger partial charge on any atom is 0.264 e. The van der Waals surface area contributed by atoms with E-state index in [2.05, 4.69) is 20.5 Å². The van der Waals surface area contributed by atoms with Gasteiger partial charge >= 0.3 is 0 Å². The Kier molecular flexibility index (Phi) is 8.51. The fourth-order valence-electron chi connectivity index (χ4n) is 4.83. The minimum atomic E-state index is -4.12. The monoisotopic (exact) mass is 601 g/mol. The lowest BCUT2D eigenvalue weighted by Gasteiger charge is -2.22. The van der Waals surface area contributed by atoms with Crippen LogP contribution in [0.2, 0.25) is 10.0 Å². The number of methoxy groups -OCH3 is 1. The SMILES string of the molecule is COc1cccc2c1c(NS(=O)(=O)c1cccc(Cl)c1Cl)nn2Cc1cccc(CNC(=O)C2CCCCN2)c1. The fraction of sp³-hybridized carbons (Fsp3) is 0.286. The van der Waals surface area contributed by atoms with E-state index in [9.17, 15) is 13.2 Å². The number of benzene rings is 3. The van der Waals surface area contributed by atoms with Gasteiger partial charge in [-0.3, -0.25) is 14.2 Å². The Bertz CT molecular complexity index is 1650. The van der Waals surface area contributed by atoms with Crippen molar-refractivity contribution in [3.63, 3.8) is 0 Å². The summed E-state index contributed by atoms with van der Waals surface area (Å²) in [5, 5.41) is 11.5. The highest BCUT2D eigenvalue weighted by atomic mass is 35.5. The number of hydrogen-bond acceptors (Lipinski definition) is 6. The van der Waals surface area contributed by atoms with Crippen LogP contribution in [0.1, 0.15) is 30.4 Å². The first kappa shape index (κ1) is 28.2. The van der Waals surface area contributed by atoms with Gasteiger partial charge in [-0.25, -0.2) is 8.42 Å². The second kappa shape index (κ2) is 12.1. The molecule has 2 heterocycles. The van der Waals surface area contributed by atoms with Gasteiger partial charge in [0.05, 0.1) is 40.6 Å². The zero-order valence-electron chi connectivity index (χ0n) is 21.8. The number of halogens is 2. The highest BCUT2D eigenvalue weighted by Crippen LogP contribution is 2.35. The third-order valence-electron chi connectivity index (χ3n) is 6.81. The van der Waals surface area contributed by atoms with Gasteiger partial charge in [0.15, 0.2) is 5.82 Å². The van der Waals surface area contributed by atoms with E-state index in [1.54, 1.807) is 10.7 Å². The quantitative estimate of drug-likeness (QED) is 0.250. The van der Waals surface area contributed by atoms with Crippen molar-refractivity contribution in [1.29, 1.82) is 0 Å². The van der Waals surface area contributed by atoms with Crippen molar-refractivity contribution < 1.29 is 17.9 Å². The van der Waals surface area contributed by atoms with E-state index in [-0.39, 0.29) is 32.7 Å². The van der Waals surface area contributed by atoms with Crippen LogP contribution in [0.25, 0.3) is 10.9 Å². The molecule has 0 bridgehead atoms. The second-order valence-corrected chi connectivity index (χ2v) is 12.0. The van der Waals surface area contributed by atoms with Gasteiger partial charge in [0.25, 0.3) is 10.0 Å². The average molecular weight is 603 g/mol. The van der Waals surface area contributed by atoms with Crippen molar-refractivity contribution in [3.05, 3.63) is 81.8 Å². The van der Waals surface area contributed by atoms with Crippen LogP contribution in [0.15, 0.2) is 65.6 Å². The van der Waals surface area contributed by atoms with E-state index in [0.717, 1.165) is 36.9 Å². The van der Waals surface area contributed by atoms with Gasteiger partial charge in [-0.05, 0) is 54.8 Å². The molecule has 5 rings (SSSR count). The fourth-order valence-corrected chi connectivity index (χ4v) is 6.60. The Balaban J connectivity index is 1.41. The first-order valence-corrected chi connectivity index (χ1v) is 15.1. The molecule has 4 aromatic rings. The molecule has 40 heavy (non-hydrogen) atoms. The molecule has 0 aliphatic carbocycles. The number of carbonyl (C=O) groups excluding carboxylic acids is 1. The number of nitrogens with one attached hydrogen (secondary N) is 3. The average Bonchev–Trinajstić information content (AvgIpc) is 3.30. The lowest BCUT2D eigenvalue weighted by atomic mass is 10.0. The first-order chi connectivity index (χ1) is 19.3.